The molecular formula is C19H23NO3S. The van der Waals surface area contributed by atoms with Crippen LogP contribution in [0.3, 0.4) is 0 Å². The molecule has 2 aromatic rings. The highest BCUT2D eigenvalue weighted by Gasteiger charge is 2.32. The first kappa shape index (κ1) is 18.2. The van der Waals surface area contributed by atoms with Crippen molar-refractivity contribution in [2.24, 2.45) is 0 Å². The van der Waals surface area contributed by atoms with Gasteiger partial charge < -0.3 is 4.90 Å². The van der Waals surface area contributed by atoms with Crippen molar-refractivity contribution in [2.75, 3.05) is 11.4 Å². The van der Waals surface area contributed by atoms with Crippen molar-refractivity contribution in [1.29, 1.82) is 0 Å². The van der Waals surface area contributed by atoms with E-state index in [2.05, 4.69) is 0 Å². The maximum absolute atomic E-state index is 12.7. The van der Waals surface area contributed by atoms with Gasteiger partial charge in [0.2, 0.25) is 5.91 Å². The fourth-order valence-corrected chi connectivity index (χ4v) is 4.00. The summed E-state index contributed by atoms with van der Waals surface area (Å²) in [6, 6.07) is 16.5. The smallest absolute Gasteiger partial charge is 0.245 e. The van der Waals surface area contributed by atoms with Crippen LogP contribution >= 0.6 is 0 Å². The molecule has 0 fully saturated rings. The van der Waals surface area contributed by atoms with Crippen LogP contribution in [0.2, 0.25) is 0 Å². The molecule has 1 unspecified atom stereocenters. The maximum Gasteiger partial charge on any atom is 0.245 e. The average Bonchev–Trinajstić information content (AvgIpc) is 2.57. The molecule has 128 valence electrons. The second-order valence-electron chi connectivity index (χ2n) is 5.79. The number of aryl methyl sites for hydroxylation is 1. The highest BCUT2D eigenvalue weighted by molar-refractivity contribution is 7.92. The molecule has 2 rings (SSSR count). The lowest BCUT2D eigenvalue weighted by Crippen LogP contribution is -2.42. The van der Waals surface area contributed by atoms with E-state index >= 15 is 0 Å². The molecule has 0 radical (unpaired) electrons. The van der Waals surface area contributed by atoms with Gasteiger partial charge in [0.15, 0.2) is 9.84 Å². The number of para-hydroxylation sites is 1. The Morgan fingerprint density at radius 1 is 1.04 bits per heavy atom. The quantitative estimate of drug-likeness (QED) is 0.807. The zero-order chi connectivity index (χ0) is 17.7. The summed E-state index contributed by atoms with van der Waals surface area (Å²) >= 11 is 0. The Hall–Kier alpha value is -2.14. The SMILES string of the molecule is CCN(C(=O)C(C)S(=O)(=O)Cc1ccccc1C)c1ccccc1. The van der Waals surface area contributed by atoms with Gasteiger partial charge >= 0.3 is 0 Å². The van der Waals surface area contributed by atoms with Gasteiger partial charge in [0, 0.05) is 12.2 Å². The highest BCUT2D eigenvalue weighted by Crippen LogP contribution is 2.20. The van der Waals surface area contributed by atoms with Crippen LogP contribution in [-0.4, -0.2) is 26.1 Å². The summed E-state index contributed by atoms with van der Waals surface area (Å²) in [7, 11) is -3.59. The van der Waals surface area contributed by atoms with Crippen LogP contribution in [0.15, 0.2) is 54.6 Å². The van der Waals surface area contributed by atoms with Gasteiger partial charge in [-0.1, -0.05) is 42.5 Å². The predicted octanol–water partition coefficient (Wildman–Crippen LogP) is 3.35. The van der Waals surface area contributed by atoms with Gasteiger partial charge in [0.25, 0.3) is 0 Å². The third-order valence-electron chi connectivity index (χ3n) is 4.15. The summed E-state index contributed by atoms with van der Waals surface area (Å²) in [6.07, 6.45) is 0. The number of sulfone groups is 1. The highest BCUT2D eigenvalue weighted by atomic mass is 32.2. The first-order valence-electron chi connectivity index (χ1n) is 7.99. The van der Waals surface area contributed by atoms with Gasteiger partial charge in [-0.05, 0) is 44.0 Å². The van der Waals surface area contributed by atoms with Crippen molar-refractivity contribution in [3.8, 4) is 0 Å². The van der Waals surface area contributed by atoms with E-state index in [0.717, 1.165) is 11.1 Å². The van der Waals surface area contributed by atoms with E-state index in [1.165, 1.54) is 11.8 Å². The van der Waals surface area contributed by atoms with Gasteiger partial charge in [0.05, 0.1) is 5.75 Å². The van der Waals surface area contributed by atoms with Gasteiger partial charge in [-0.15, -0.1) is 0 Å². The van der Waals surface area contributed by atoms with Gasteiger partial charge in [-0.3, -0.25) is 4.79 Å². The minimum Gasteiger partial charge on any atom is -0.312 e. The maximum atomic E-state index is 12.7. The van der Waals surface area contributed by atoms with Crippen LogP contribution in [0.4, 0.5) is 5.69 Å². The Bertz CT molecular complexity index is 800. The molecule has 0 aliphatic rings. The molecule has 0 spiro atoms. The van der Waals surface area contributed by atoms with Crippen LogP contribution < -0.4 is 4.90 Å². The molecule has 4 nitrogen and oxygen atoms in total. The lowest BCUT2D eigenvalue weighted by molar-refractivity contribution is -0.117. The lowest BCUT2D eigenvalue weighted by Gasteiger charge is -2.24. The van der Waals surface area contributed by atoms with Crippen molar-refractivity contribution in [3.05, 3.63) is 65.7 Å². The molecule has 5 heteroatoms. The minimum atomic E-state index is -3.59. The van der Waals surface area contributed by atoms with Crippen LogP contribution in [0, 0.1) is 6.92 Å². The molecule has 0 aromatic heterocycles. The van der Waals surface area contributed by atoms with E-state index in [1.54, 1.807) is 6.07 Å². The zero-order valence-corrected chi connectivity index (χ0v) is 15.1. The number of anilines is 1. The van der Waals surface area contributed by atoms with Crippen molar-refractivity contribution in [3.63, 3.8) is 0 Å². The molecule has 0 heterocycles. The molecule has 0 saturated heterocycles. The Balaban J connectivity index is 2.24. The van der Waals surface area contributed by atoms with E-state index in [1.807, 2.05) is 62.4 Å². The summed E-state index contributed by atoms with van der Waals surface area (Å²) in [5, 5.41) is -1.09. The standard InChI is InChI=1S/C19H23NO3S/c1-4-20(18-12-6-5-7-13-18)19(21)16(3)24(22,23)14-17-11-9-8-10-15(17)2/h5-13,16H,4,14H2,1-3H3. The Morgan fingerprint density at radius 3 is 2.21 bits per heavy atom. The normalized spacial score (nSPS) is 12.6. The van der Waals surface area contributed by atoms with E-state index in [0.29, 0.717) is 12.2 Å². The fourth-order valence-electron chi connectivity index (χ4n) is 2.56. The number of carbonyl (C=O) groups excluding carboxylic acids is 1. The third-order valence-corrected chi connectivity index (χ3v) is 6.15. The number of carbonyl (C=O) groups is 1. The molecule has 1 amide bonds. The second-order valence-corrected chi connectivity index (χ2v) is 8.12. The first-order chi connectivity index (χ1) is 11.4. The summed E-state index contributed by atoms with van der Waals surface area (Å²) < 4.78 is 25.4. The van der Waals surface area contributed by atoms with Crippen molar-refractivity contribution in [2.45, 2.75) is 31.8 Å². The molecule has 0 bridgehead atoms. The van der Waals surface area contributed by atoms with E-state index in [-0.39, 0.29) is 5.75 Å². The number of nitrogens with zero attached hydrogens (tertiary/aromatic N) is 1. The van der Waals surface area contributed by atoms with Crippen molar-refractivity contribution < 1.29 is 13.2 Å². The molecular weight excluding hydrogens is 322 g/mol. The summed E-state index contributed by atoms with van der Waals surface area (Å²) in [4.78, 5) is 14.3. The van der Waals surface area contributed by atoms with Crippen molar-refractivity contribution >= 4 is 21.4 Å². The first-order valence-corrected chi connectivity index (χ1v) is 9.71. The molecule has 2 aromatic carbocycles. The van der Waals surface area contributed by atoms with E-state index in [9.17, 15) is 13.2 Å². The average molecular weight is 345 g/mol. The van der Waals surface area contributed by atoms with Crippen molar-refractivity contribution in [1.82, 2.24) is 0 Å². The number of hydrogen-bond donors (Lipinski definition) is 0. The molecule has 24 heavy (non-hydrogen) atoms. The van der Waals surface area contributed by atoms with Crippen LogP contribution in [0.25, 0.3) is 0 Å². The lowest BCUT2D eigenvalue weighted by atomic mass is 10.1. The van der Waals surface area contributed by atoms with Gasteiger partial charge in [0.1, 0.15) is 5.25 Å². The Morgan fingerprint density at radius 2 is 1.62 bits per heavy atom. The summed E-state index contributed by atoms with van der Waals surface area (Å²) in [5.74, 6) is -0.517. The largest absolute Gasteiger partial charge is 0.312 e. The summed E-state index contributed by atoms with van der Waals surface area (Å²) in [6.45, 7) is 5.61. The predicted molar refractivity (Wildman–Crippen MR) is 97.7 cm³/mol. The fraction of sp³-hybridized carbons (Fsp3) is 0.316. The second kappa shape index (κ2) is 7.62. The van der Waals surface area contributed by atoms with Crippen LogP contribution in [-0.2, 0) is 20.4 Å². The minimum absolute atomic E-state index is 0.126. The van der Waals surface area contributed by atoms with Crippen LogP contribution in [0.5, 0.6) is 0 Å². The zero-order valence-electron chi connectivity index (χ0n) is 14.3. The van der Waals surface area contributed by atoms with Gasteiger partial charge in [-0.25, -0.2) is 8.42 Å². The Labute approximate surface area is 144 Å². The topological polar surface area (TPSA) is 54.5 Å². The van der Waals surface area contributed by atoms with E-state index < -0.39 is 21.0 Å². The Kier molecular flexibility index (Phi) is 5.78. The van der Waals surface area contributed by atoms with Gasteiger partial charge in [-0.2, -0.15) is 0 Å². The molecule has 0 N–H and O–H groups in total. The monoisotopic (exact) mass is 345 g/mol. The molecule has 0 aliphatic carbocycles. The number of rotatable bonds is 6. The number of hydrogen-bond acceptors (Lipinski definition) is 3. The van der Waals surface area contributed by atoms with Crippen LogP contribution in [0.1, 0.15) is 25.0 Å². The number of amides is 1. The molecule has 0 aliphatic heterocycles. The molecule has 0 saturated carbocycles. The van der Waals surface area contributed by atoms with E-state index in [4.69, 9.17) is 0 Å². The number of benzene rings is 2. The molecule has 1 atom stereocenters. The summed E-state index contributed by atoms with van der Waals surface area (Å²) in [5.41, 5.74) is 2.36. The third kappa shape index (κ3) is 4.03.